The van der Waals surface area contributed by atoms with Crippen molar-refractivity contribution < 1.29 is 22.3 Å². The Balaban J connectivity index is 2.01. The highest BCUT2D eigenvalue weighted by Gasteiger charge is 2.25. The van der Waals surface area contributed by atoms with Crippen molar-refractivity contribution in [3.8, 4) is 11.1 Å². The zero-order valence-corrected chi connectivity index (χ0v) is 15.0. The van der Waals surface area contributed by atoms with Gasteiger partial charge >= 0.3 is 5.97 Å². The molecule has 0 aliphatic heterocycles. The van der Waals surface area contributed by atoms with Crippen molar-refractivity contribution >= 4 is 21.7 Å². The molecule has 0 amide bonds. The Morgan fingerprint density at radius 3 is 2.48 bits per heavy atom. The highest BCUT2D eigenvalue weighted by molar-refractivity contribution is 7.92. The Morgan fingerprint density at radius 2 is 1.78 bits per heavy atom. The van der Waals surface area contributed by atoms with Crippen LogP contribution < -0.4 is 4.72 Å². The summed E-state index contributed by atoms with van der Waals surface area (Å²) in [6, 6.07) is 15.8. The molecule has 0 aliphatic carbocycles. The number of sulfonamides is 1. The number of ether oxygens (including phenoxy) is 1. The molecule has 1 N–H and O–H groups in total. The van der Waals surface area contributed by atoms with Crippen LogP contribution in [0.25, 0.3) is 11.1 Å². The van der Waals surface area contributed by atoms with E-state index in [4.69, 9.17) is 0 Å². The fourth-order valence-corrected chi connectivity index (χ4v) is 3.67. The minimum Gasteiger partial charge on any atom is -0.464 e. The van der Waals surface area contributed by atoms with E-state index in [9.17, 15) is 17.6 Å². The van der Waals surface area contributed by atoms with Crippen molar-refractivity contribution in [1.29, 1.82) is 0 Å². The molecule has 3 aromatic rings. The number of pyridine rings is 1. The number of anilines is 1. The molecule has 3 rings (SSSR count). The standard InChI is InChI=1S/C19H15FN2O4S/c1-26-19(23)18-17(8-5-11-21-18)27(24,25)22-16-12-14(9-10-15(16)20)13-6-3-2-4-7-13/h2-12,22H,1H3. The van der Waals surface area contributed by atoms with Gasteiger partial charge < -0.3 is 4.74 Å². The molecular formula is C19H15FN2O4S. The largest absolute Gasteiger partial charge is 0.464 e. The molecule has 0 radical (unpaired) electrons. The Kier molecular flexibility index (Phi) is 5.18. The Bertz CT molecular complexity index is 1090. The van der Waals surface area contributed by atoms with E-state index in [-0.39, 0.29) is 11.4 Å². The van der Waals surface area contributed by atoms with Crippen molar-refractivity contribution in [2.24, 2.45) is 0 Å². The van der Waals surface area contributed by atoms with Gasteiger partial charge in [-0.3, -0.25) is 4.72 Å². The molecule has 1 heterocycles. The van der Waals surface area contributed by atoms with E-state index < -0.39 is 26.7 Å². The van der Waals surface area contributed by atoms with Crippen LogP contribution in [0.3, 0.4) is 0 Å². The third-order valence-electron chi connectivity index (χ3n) is 3.76. The van der Waals surface area contributed by atoms with Gasteiger partial charge in [0.2, 0.25) is 0 Å². The number of carbonyl (C=O) groups is 1. The molecule has 2 aromatic carbocycles. The first-order valence-corrected chi connectivity index (χ1v) is 9.32. The van der Waals surface area contributed by atoms with Crippen molar-refractivity contribution in [3.05, 3.63) is 78.4 Å². The first-order valence-electron chi connectivity index (χ1n) is 7.83. The molecule has 0 bridgehead atoms. The summed E-state index contributed by atoms with van der Waals surface area (Å²) in [6.07, 6.45) is 1.27. The number of aromatic nitrogens is 1. The van der Waals surface area contributed by atoms with Gasteiger partial charge in [-0.25, -0.2) is 22.6 Å². The Morgan fingerprint density at radius 1 is 1.04 bits per heavy atom. The average Bonchev–Trinajstić information content (AvgIpc) is 2.69. The molecule has 1 aromatic heterocycles. The van der Waals surface area contributed by atoms with Gasteiger partial charge in [-0.2, -0.15) is 0 Å². The Labute approximate surface area is 155 Å². The van der Waals surface area contributed by atoms with Crippen LogP contribution in [0.1, 0.15) is 10.5 Å². The van der Waals surface area contributed by atoms with E-state index in [0.717, 1.165) is 12.7 Å². The number of benzene rings is 2. The predicted octanol–water partition coefficient (Wildman–Crippen LogP) is 3.48. The molecule has 8 heteroatoms. The second-order valence-corrected chi connectivity index (χ2v) is 7.16. The summed E-state index contributed by atoms with van der Waals surface area (Å²) in [7, 11) is -3.16. The molecule has 138 valence electrons. The van der Waals surface area contributed by atoms with E-state index >= 15 is 0 Å². The molecular weight excluding hydrogens is 371 g/mol. The fraction of sp³-hybridized carbons (Fsp3) is 0.0526. The lowest BCUT2D eigenvalue weighted by molar-refractivity contribution is 0.0589. The van der Waals surface area contributed by atoms with E-state index in [1.807, 2.05) is 30.3 Å². The van der Waals surface area contributed by atoms with Gasteiger partial charge in [-0.1, -0.05) is 36.4 Å². The number of halogens is 1. The molecule has 0 spiro atoms. The number of nitrogens with one attached hydrogen (secondary N) is 1. The monoisotopic (exact) mass is 386 g/mol. The normalized spacial score (nSPS) is 11.0. The fourth-order valence-electron chi connectivity index (χ4n) is 2.47. The van der Waals surface area contributed by atoms with Gasteiger partial charge in [-0.15, -0.1) is 0 Å². The lowest BCUT2D eigenvalue weighted by Gasteiger charge is -2.12. The third-order valence-corrected chi connectivity index (χ3v) is 5.15. The van der Waals surface area contributed by atoms with Crippen molar-refractivity contribution in [2.75, 3.05) is 11.8 Å². The number of hydrogen-bond donors (Lipinski definition) is 1. The van der Waals surface area contributed by atoms with Crippen molar-refractivity contribution in [1.82, 2.24) is 4.98 Å². The average molecular weight is 386 g/mol. The smallest absolute Gasteiger partial charge is 0.358 e. The zero-order chi connectivity index (χ0) is 19.4. The number of nitrogens with zero attached hydrogens (tertiary/aromatic N) is 1. The van der Waals surface area contributed by atoms with Crippen LogP contribution in [0.4, 0.5) is 10.1 Å². The lowest BCUT2D eigenvalue weighted by atomic mass is 10.1. The zero-order valence-electron chi connectivity index (χ0n) is 14.2. The molecule has 27 heavy (non-hydrogen) atoms. The second kappa shape index (κ2) is 7.55. The van der Waals surface area contributed by atoms with Gasteiger partial charge in [0.25, 0.3) is 10.0 Å². The molecule has 0 atom stereocenters. The van der Waals surface area contributed by atoms with Crippen molar-refractivity contribution in [2.45, 2.75) is 4.90 Å². The van der Waals surface area contributed by atoms with Crippen LogP contribution in [-0.2, 0) is 14.8 Å². The van der Waals surface area contributed by atoms with Crippen molar-refractivity contribution in [3.63, 3.8) is 0 Å². The maximum absolute atomic E-state index is 14.2. The van der Waals surface area contributed by atoms with E-state index in [0.29, 0.717) is 5.56 Å². The van der Waals surface area contributed by atoms with Crippen LogP contribution >= 0.6 is 0 Å². The predicted molar refractivity (Wildman–Crippen MR) is 98.2 cm³/mol. The lowest BCUT2D eigenvalue weighted by Crippen LogP contribution is -2.19. The van der Waals surface area contributed by atoms with Crippen LogP contribution in [0, 0.1) is 5.82 Å². The minimum atomic E-state index is -4.27. The van der Waals surface area contributed by atoms with Crippen LogP contribution in [0.5, 0.6) is 0 Å². The van der Waals surface area contributed by atoms with Gasteiger partial charge in [0.1, 0.15) is 10.7 Å². The summed E-state index contributed by atoms with van der Waals surface area (Å²) in [5.74, 6) is -1.66. The molecule has 0 unspecified atom stereocenters. The number of rotatable bonds is 5. The molecule has 0 saturated carbocycles. The van der Waals surface area contributed by atoms with Crippen LogP contribution in [0.2, 0.25) is 0 Å². The van der Waals surface area contributed by atoms with Crippen LogP contribution in [0.15, 0.2) is 71.8 Å². The summed E-state index contributed by atoms with van der Waals surface area (Å²) in [5.41, 5.74) is 0.812. The van der Waals surface area contributed by atoms with Gasteiger partial charge in [0.15, 0.2) is 5.69 Å². The third kappa shape index (κ3) is 3.95. The maximum atomic E-state index is 14.2. The number of hydrogen-bond acceptors (Lipinski definition) is 5. The van der Waals surface area contributed by atoms with E-state index in [1.54, 1.807) is 6.07 Å². The van der Waals surface area contributed by atoms with Gasteiger partial charge in [-0.05, 0) is 35.4 Å². The van der Waals surface area contributed by atoms with Crippen LogP contribution in [-0.4, -0.2) is 26.5 Å². The SMILES string of the molecule is COC(=O)c1ncccc1S(=O)(=O)Nc1cc(-c2ccccc2)ccc1F. The molecule has 0 saturated heterocycles. The van der Waals surface area contributed by atoms with E-state index in [2.05, 4.69) is 14.4 Å². The summed E-state index contributed by atoms with van der Waals surface area (Å²) in [4.78, 5) is 15.1. The summed E-state index contributed by atoms with van der Waals surface area (Å²) >= 11 is 0. The Hall–Kier alpha value is -3.26. The maximum Gasteiger partial charge on any atom is 0.358 e. The first-order chi connectivity index (χ1) is 12.9. The van der Waals surface area contributed by atoms with E-state index in [1.165, 1.54) is 30.5 Å². The molecule has 0 fully saturated rings. The summed E-state index contributed by atoms with van der Waals surface area (Å²) < 4.78 is 46.4. The molecule has 0 aliphatic rings. The van der Waals surface area contributed by atoms with Gasteiger partial charge in [0, 0.05) is 6.20 Å². The number of esters is 1. The number of carbonyl (C=O) groups excluding carboxylic acids is 1. The van der Waals surface area contributed by atoms with Gasteiger partial charge in [0.05, 0.1) is 12.8 Å². The summed E-state index contributed by atoms with van der Waals surface area (Å²) in [6.45, 7) is 0. The second-order valence-electron chi connectivity index (χ2n) is 5.51. The minimum absolute atomic E-state index is 0.240. The molecule has 6 nitrogen and oxygen atoms in total. The first kappa shape index (κ1) is 18.5. The topological polar surface area (TPSA) is 85.4 Å². The quantitative estimate of drug-likeness (QED) is 0.679. The highest BCUT2D eigenvalue weighted by Crippen LogP contribution is 2.27. The number of methoxy groups -OCH3 is 1. The highest BCUT2D eigenvalue weighted by atomic mass is 32.2. The summed E-state index contributed by atoms with van der Waals surface area (Å²) in [5, 5.41) is 0.